The van der Waals surface area contributed by atoms with Gasteiger partial charge in [0.05, 0.1) is 0 Å². The Morgan fingerprint density at radius 2 is 2.47 bits per heavy atom. The Morgan fingerprint density at radius 3 is 3.26 bits per heavy atom. The second-order valence-electron chi connectivity index (χ2n) is 5.56. The fourth-order valence-electron chi connectivity index (χ4n) is 3.08. The van der Waals surface area contributed by atoms with Gasteiger partial charge in [-0.25, -0.2) is 0 Å². The molecule has 2 aliphatic rings. The fraction of sp³-hybridized carbons (Fsp3) is 0.667. The van der Waals surface area contributed by atoms with E-state index in [1.54, 1.807) is 0 Å². The molecule has 0 amide bonds. The first-order valence-corrected chi connectivity index (χ1v) is 7.36. The van der Waals surface area contributed by atoms with Crippen LogP contribution in [0.2, 0.25) is 0 Å². The van der Waals surface area contributed by atoms with Gasteiger partial charge >= 0.3 is 0 Å². The van der Waals surface area contributed by atoms with Gasteiger partial charge in [0.15, 0.2) is 0 Å². The van der Waals surface area contributed by atoms with E-state index in [1.807, 2.05) is 18.5 Å². The number of nitrogens with one attached hydrogen (secondary N) is 1. The number of hydrogen-bond acceptors (Lipinski definition) is 4. The van der Waals surface area contributed by atoms with Crippen LogP contribution in [-0.4, -0.2) is 49.3 Å². The summed E-state index contributed by atoms with van der Waals surface area (Å²) in [6, 6.07) is 4.70. The Balaban J connectivity index is 1.60. The van der Waals surface area contributed by atoms with E-state index in [-0.39, 0.29) is 0 Å². The van der Waals surface area contributed by atoms with Gasteiger partial charge in [-0.05, 0) is 36.9 Å². The summed E-state index contributed by atoms with van der Waals surface area (Å²) in [5, 5.41) is 3.50. The lowest BCUT2D eigenvalue weighted by molar-refractivity contribution is 0.143. The molecule has 0 bridgehead atoms. The van der Waals surface area contributed by atoms with Gasteiger partial charge in [-0.2, -0.15) is 0 Å². The van der Waals surface area contributed by atoms with Crippen molar-refractivity contribution in [3.8, 4) is 0 Å². The van der Waals surface area contributed by atoms with Gasteiger partial charge in [-0.15, -0.1) is 0 Å². The summed E-state index contributed by atoms with van der Waals surface area (Å²) < 4.78 is 5.47. The van der Waals surface area contributed by atoms with E-state index in [0.717, 1.165) is 38.8 Å². The third kappa shape index (κ3) is 3.32. The van der Waals surface area contributed by atoms with E-state index in [1.165, 1.54) is 24.9 Å². The van der Waals surface area contributed by atoms with Crippen molar-refractivity contribution in [3.05, 3.63) is 30.1 Å². The number of hydrogen-bond donors (Lipinski definition) is 1. The normalized spacial score (nSPS) is 28.6. The lowest BCUT2D eigenvalue weighted by Gasteiger charge is -2.36. The third-order valence-electron chi connectivity index (χ3n) is 4.27. The van der Waals surface area contributed by atoms with Crippen molar-refractivity contribution in [1.82, 2.24) is 15.2 Å². The van der Waals surface area contributed by atoms with Crippen molar-refractivity contribution in [2.75, 3.05) is 39.4 Å². The molecule has 104 valence electrons. The average Bonchev–Trinajstić information content (AvgIpc) is 3.00. The number of rotatable bonds is 4. The van der Waals surface area contributed by atoms with Crippen LogP contribution in [0.5, 0.6) is 0 Å². The van der Waals surface area contributed by atoms with Gasteiger partial charge in [-0.1, -0.05) is 6.07 Å². The molecule has 2 saturated heterocycles. The van der Waals surface area contributed by atoms with Crippen LogP contribution in [0, 0.1) is 5.92 Å². The van der Waals surface area contributed by atoms with Crippen molar-refractivity contribution in [2.24, 2.45) is 5.92 Å². The van der Waals surface area contributed by atoms with Crippen molar-refractivity contribution < 1.29 is 4.74 Å². The summed E-state index contributed by atoms with van der Waals surface area (Å²) in [7, 11) is 0. The van der Waals surface area contributed by atoms with Gasteiger partial charge in [0.25, 0.3) is 0 Å². The Morgan fingerprint density at radius 1 is 1.47 bits per heavy atom. The molecule has 0 spiro atoms. The fourth-order valence-corrected chi connectivity index (χ4v) is 3.08. The van der Waals surface area contributed by atoms with Gasteiger partial charge in [0.2, 0.25) is 0 Å². The maximum Gasteiger partial charge on any atom is 0.0495 e. The van der Waals surface area contributed by atoms with Gasteiger partial charge in [0.1, 0.15) is 0 Å². The molecule has 3 rings (SSSR count). The summed E-state index contributed by atoms with van der Waals surface area (Å²) >= 11 is 0. The molecule has 0 aliphatic carbocycles. The van der Waals surface area contributed by atoms with Crippen molar-refractivity contribution >= 4 is 0 Å². The summed E-state index contributed by atoms with van der Waals surface area (Å²) in [4.78, 5) is 6.86. The Labute approximate surface area is 115 Å². The van der Waals surface area contributed by atoms with Crippen LogP contribution in [-0.2, 0) is 4.74 Å². The summed E-state index contributed by atoms with van der Waals surface area (Å²) in [5.74, 6) is 0.768. The molecule has 0 aromatic carbocycles. The van der Waals surface area contributed by atoms with Crippen molar-refractivity contribution in [3.63, 3.8) is 0 Å². The van der Waals surface area contributed by atoms with E-state index < -0.39 is 0 Å². The molecular weight excluding hydrogens is 238 g/mol. The van der Waals surface area contributed by atoms with Gasteiger partial charge in [-0.3, -0.25) is 9.88 Å². The van der Waals surface area contributed by atoms with E-state index in [4.69, 9.17) is 4.74 Å². The molecule has 19 heavy (non-hydrogen) atoms. The molecule has 0 radical (unpaired) electrons. The maximum atomic E-state index is 5.47. The number of pyridine rings is 1. The van der Waals surface area contributed by atoms with Crippen LogP contribution in [0.15, 0.2) is 24.5 Å². The van der Waals surface area contributed by atoms with Crippen molar-refractivity contribution in [2.45, 2.75) is 18.9 Å². The maximum absolute atomic E-state index is 5.47. The van der Waals surface area contributed by atoms with Gasteiger partial charge in [0, 0.05) is 51.3 Å². The summed E-state index contributed by atoms with van der Waals surface area (Å²) in [5.41, 5.74) is 1.33. The van der Waals surface area contributed by atoms with Crippen LogP contribution >= 0.6 is 0 Å². The Kier molecular flexibility index (Phi) is 4.43. The van der Waals surface area contributed by atoms with E-state index >= 15 is 0 Å². The summed E-state index contributed by atoms with van der Waals surface area (Å²) in [6.45, 7) is 6.36. The lowest BCUT2D eigenvalue weighted by atomic mass is 10.0. The van der Waals surface area contributed by atoms with Crippen molar-refractivity contribution in [1.29, 1.82) is 0 Å². The minimum Gasteiger partial charge on any atom is -0.381 e. The first-order valence-electron chi connectivity index (χ1n) is 7.36. The predicted octanol–water partition coefficient (Wildman–Crippen LogP) is 1.45. The quantitative estimate of drug-likeness (QED) is 0.890. The standard InChI is InChI=1S/C15H23N3O/c1-2-14(10-16-5-1)15-11-17-6-8-18(15)7-3-13-4-9-19-12-13/h1-2,5,10,13,15,17H,3-4,6-9,11-12H2. The second-order valence-corrected chi connectivity index (χ2v) is 5.56. The molecule has 0 saturated carbocycles. The summed E-state index contributed by atoms with van der Waals surface area (Å²) in [6.07, 6.45) is 6.35. The molecular formula is C15H23N3O. The minimum atomic E-state index is 0.477. The monoisotopic (exact) mass is 261 g/mol. The molecule has 2 atom stereocenters. The van der Waals surface area contributed by atoms with E-state index in [9.17, 15) is 0 Å². The number of piperazine rings is 1. The third-order valence-corrected chi connectivity index (χ3v) is 4.27. The SMILES string of the molecule is c1cncc(C2CNCCN2CCC2CCOC2)c1. The van der Waals surface area contributed by atoms with Gasteiger partial charge < -0.3 is 10.1 Å². The number of aromatic nitrogens is 1. The number of ether oxygens (including phenoxy) is 1. The Bertz CT molecular complexity index is 378. The van der Waals surface area contributed by atoms with Crippen LogP contribution < -0.4 is 5.32 Å². The van der Waals surface area contributed by atoms with Crippen LogP contribution in [0.25, 0.3) is 0 Å². The zero-order valence-electron chi connectivity index (χ0n) is 11.4. The largest absolute Gasteiger partial charge is 0.381 e. The first kappa shape index (κ1) is 13.0. The molecule has 4 nitrogen and oxygen atoms in total. The molecule has 2 aliphatic heterocycles. The minimum absolute atomic E-state index is 0.477. The molecule has 4 heteroatoms. The molecule has 1 aromatic heterocycles. The van der Waals surface area contributed by atoms with Crippen LogP contribution in [0.4, 0.5) is 0 Å². The molecule has 1 N–H and O–H groups in total. The average molecular weight is 261 g/mol. The molecule has 3 heterocycles. The highest BCUT2D eigenvalue weighted by molar-refractivity contribution is 5.15. The first-order chi connectivity index (χ1) is 9.43. The second kappa shape index (κ2) is 6.46. The predicted molar refractivity (Wildman–Crippen MR) is 75.0 cm³/mol. The molecule has 1 aromatic rings. The van der Waals surface area contributed by atoms with E-state index in [2.05, 4.69) is 21.3 Å². The highest BCUT2D eigenvalue weighted by Crippen LogP contribution is 2.24. The smallest absolute Gasteiger partial charge is 0.0495 e. The molecule has 2 unspecified atom stereocenters. The zero-order chi connectivity index (χ0) is 12.9. The zero-order valence-corrected chi connectivity index (χ0v) is 11.4. The van der Waals surface area contributed by atoms with Crippen LogP contribution in [0.1, 0.15) is 24.4 Å². The number of nitrogens with zero attached hydrogens (tertiary/aromatic N) is 2. The topological polar surface area (TPSA) is 37.4 Å². The lowest BCUT2D eigenvalue weighted by Crippen LogP contribution is -2.46. The Hall–Kier alpha value is -0.970. The van der Waals surface area contributed by atoms with E-state index in [0.29, 0.717) is 6.04 Å². The van der Waals surface area contributed by atoms with Crippen LogP contribution in [0.3, 0.4) is 0 Å². The highest BCUT2D eigenvalue weighted by Gasteiger charge is 2.25. The highest BCUT2D eigenvalue weighted by atomic mass is 16.5. The molecule has 2 fully saturated rings.